The van der Waals surface area contributed by atoms with Crippen molar-refractivity contribution in [3.05, 3.63) is 161 Å². The van der Waals surface area contributed by atoms with Crippen LogP contribution in [0.2, 0.25) is 0 Å². The molecule has 0 radical (unpaired) electrons. The van der Waals surface area contributed by atoms with E-state index in [4.69, 9.17) is 9.97 Å². The van der Waals surface area contributed by atoms with E-state index in [-0.39, 0.29) is 5.41 Å². The van der Waals surface area contributed by atoms with E-state index in [1.165, 1.54) is 38.9 Å². The van der Waals surface area contributed by atoms with E-state index < -0.39 is 0 Å². The van der Waals surface area contributed by atoms with Crippen molar-refractivity contribution in [3.8, 4) is 45.5 Å². The zero-order valence-corrected chi connectivity index (χ0v) is 29.3. The highest BCUT2D eigenvalue weighted by molar-refractivity contribution is 6.05. The number of hydrogen-bond acceptors (Lipinski definition) is 3. The van der Waals surface area contributed by atoms with E-state index >= 15 is 0 Å². The number of allylic oxidation sites excluding steroid dienone is 5. The lowest BCUT2D eigenvalue weighted by atomic mass is 9.78. The molecule has 0 atom stereocenters. The van der Waals surface area contributed by atoms with Gasteiger partial charge < -0.3 is 4.57 Å². The normalized spacial score (nSPS) is 15.5. The predicted octanol–water partition coefficient (Wildman–Crippen LogP) is 11.8. The number of benzene rings is 5. The van der Waals surface area contributed by atoms with Crippen LogP contribution in [0.5, 0.6) is 0 Å². The van der Waals surface area contributed by atoms with E-state index in [1.807, 2.05) is 30.3 Å². The zero-order chi connectivity index (χ0) is 35.0. The third kappa shape index (κ3) is 4.59. The van der Waals surface area contributed by atoms with Crippen molar-refractivity contribution in [2.45, 2.75) is 44.9 Å². The van der Waals surface area contributed by atoms with Crippen LogP contribution >= 0.6 is 0 Å². The predicted molar refractivity (Wildman–Crippen MR) is 213 cm³/mol. The maximum Gasteiger partial charge on any atom is 0.160 e. The third-order valence-electron chi connectivity index (χ3n) is 11.4. The van der Waals surface area contributed by atoms with Gasteiger partial charge in [0, 0.05) is 49.8 Å². The average molecular weight is 669 g/mol. The van der Waals surface area contributed by atoms with E-state index in [1.54, 1.807) is 5.57 Å². The smallest absolute Gasteiger partial charge is 0.160 e. The molecule has 5 aromatic carbocycles. The molecular weight excluding hydrogens is 633 g/mol. The van der Waals surface area contributed by atoms with E-state index in [9.17, 15) is 5.26 Å². The first kappa shape index (κ1) is 30.5. The third-order valence-corrected chi connectivity index (χ3v) is 11.4. The Balaban J connectivity index is 1.30. The number of hydrogen-bond donors (Lipinski definition) is 0. The molecule has 0 spiro atoms. The van der Waals surface area contributed by atoms with Crippen molar-refractivity contribution >= 4 is 33.5 Å². The zero-order valence-electron chi connectivity index (χ0n) is 29.3. The Kier molecular flexibility index (Phi) is 6.82. The van der Waals surface area contributed by atoms with Gasteiger partial charge in [-0.25, -0.2) is 9.97 Å². The number of fused-ring (bicyclic) bond motifs is 7. The van der Waals surface area contributed by atoms with Crippen LogP contribution in [0.3, 0.4) is 0 Å². The molecule has 0 unspecified atom stereocenters. The summed E-state index contributed by atoms with van der Waals surface area (Å²) in [4.78, 5) is 10.5. The first-order valence-electron chi connectivity index (χ1n) is 18.3. The van der Waals surface area contributed by atoms with Crippen LogP contribution in [0.4, 0.5) is 0 Å². The van der Waals surface area contributed by atoms with Crippen molar-refractivity contribution < 1.29 is 0 Å². The van der Waals surface area contributed by atoms with Crippen molar-refractivity contribution in [2.75, 3.05) is 0 Å². The van der Waals surface area contributed by atoms with Crippen molar-refractivity contribution in [1.29, 1.82) is 5.26 Å². The van der Waals surface area contributed by atoms with Crippen LogP contribution in [-0.4, -0.2) is 14.5 Å². The second-order valence-corrected chi connectivity index (χ2v) is 14.7. The molecule has 0 N–H and O–H groups in total. The second kappa shape index (κ2) is 11.6. The van der Waals surface area contributed by atoms with Gasteiger partial charge in [-0.1, -0.05) is 117 Å². The minimum Gasteiger partial charge on any atom is -0.312 e. The fourth-order valence-electron chi connectivity index (χ4n) is 8.92. The second-order valence-electron chi connectivity index (χ2n) is 14.7. The molecule has 0 bridgehead atoms. The monoisotopic (exact) mass is 668 g/mol. The van der Waals surface area contributed by atoms with Crippen LogP contribution in [0, 0.1) is 11.3 Å². The topological polar surface area (TPSA) is 54.5 Å². The van der Waals surface area contributed by atoms with E-state index in [0.717, 1.165) is 70.2 Å². The minimum atomic E-state index is -0.0351. The summed E-state index contributed by atoms with van der Waals surface area (Å²) in [6.07, 6.45) is 13.5. The summed E-state index contributed by atoms with van der Waals surface area (Å²) in [6.45, 7) is 4.79. The Hall–Kier alpha value is -6.31. The molecule has 2 aromatic heterocycles. The van der Waals surface area contributed by atoms with Crippen molar-refractivity contribution in [1.82, 2.24) is 14.5 Å². The molecule has 0 fully saturated rings. The highest BCUT2D eigenvalue weighted by atomic mass is 15.0. The molecule has 0 amide bonds. The maximum atomic E-state index is 9.87. The largest absolute Gasteiger partial charge is 0.312 e. The molecule has 0 aliphatic heterocycles. The quantitative estimate of drug-likeness (QED) is 0.188. The molecule has 4 nitrogen and oxygen atoms in total. The van der Waals surface area contributed by atoms with Gasteiger partial charge in [0.05, 0.1) is 28.4 Å². The van der Waals surface area contributed by atoms with Gasteiger partial charge in [0.25, 0.3) is 0 Å². The van der Waals surface area contributed by atoms with Crippen LogP contribution < -0.4 is 0 Å². The Bertz CT molecular complexity index is 2770. The number of nitrogens with zero attached hydrogens (tertiary/aromatic N) is 4. The Labute approximate surface area is 303 Å². The Morgan fingerprint density at radius 1 is 0.692 bits per heavy atom. The molecule has 0 saturated heterocycles. The molecule has 10 rings (SSSR count). The fourth-order valence-corrected chi connectivity index (χ4v) is 8.92. The number of para-hydroxylation sites is 1. The highest BCUT2D eigenvalue weighted by Crippen LogP contribution is 2.53. The highest BCUT2D eigenvalue weighted by Gasteiger charge is 2.39. The van der Waals surface area contributed by atoms with Crippen LogP contribution in [0.15, 0.2) is 133 Å². The first-order chi connectivity index (χ1) is 25.5. The van der Waals surface area contributed by atoms with Gasteiger partial charge in [0.15, 0.2) is 5.82 Å². The fraction of sp³-hybridized carbons (Fsp3) is 0.146. The summed E-state index contributed by atoms with van der Waals surface area (Å²) in [5, 5.41) is 12.2. The molecule has 52 heavy (non-hydrogen) atoms. The molecule has 7 aromatic rings. The lowest BCUT2D eigenvalue weighted by molar-refractivity contribution is 0.607. The van der Waals surface area contributed by atoms with Crippen molar-refractivity contribution in [2.24, 2.45) is 0 Å². The standard InChI is InChI=1S/C48H36N4/c1-48(2)40-20-9-6-18-38(40)44-41(48)24-23-37-36-17-8-11-22-43(36)52(46(37)44)35-27-33(32-16-12-13-30(25-32)29-49)26-34(28-35)47-50-42-21-10-7-19-39(42)45(51-47)31-14-4-3-5-15-31/h3-8,10,12-19,21,23-28H,9,11,20,22H2,1-2H3. The van der Waals surface area contributed by atoms with Crippen molar-refractivity contribution in [3.63, 3.8) is 0 Å². The van der Waals surface area contributed by atoms with Gasteiger partial charge >= 0.3 is 0 Å². The summed E-state index contributed by atoms with van der Waals surface area (Å²) < 4.78 is 2.54. The maximum absolute atomic E-state index is 9.87. The van der Waals surface area contributed by atoms with Gasteiger partial charge in [-0.2, -0.15) is 5.26 Å². The molecule has 3 aliphatic carbocycles. The van der Waals surface area contributed by atoms with E-state index in [2.05, 4.69) is 128 Å². The summed E-state index contributed by atoms with van der Waals surface area (Å²) >= 11 is 0. The lowest BCUT2D eigenvalue weighted by Crippen LogP contribution is -2.17. The van der Waals surface area contributed by atoms with Crippen LogP contribution in [-0.2, 0) is 11.8 Å². The number of nitriles is 1. The first-order valence-corrected chi connectivity index (χ1v) is 18.3. The molecule has 0 saturated carbocycles. The molecule has 3 aliphatic rings. The van der Waals surface area contributed by atoms with Gasteiger partial charge in [-0.15, -0.1) is 0 Å². The summed E-state index contributed by atoms with van der Waals surface area (Å²) in [7, 11) is 0. The number of aromatic nitrogens is 3. The van der Waals surface area contributed by atoms with Crippen LogP contribution in [0.1, 0.15) is 61.1 Å². The molecule has 2 heterocycles. The van der Waals surface area contributed by atoms with Crippen LogP contribution in [0.25, 0.3) is 72.9 Å². The van der Waals surface area contributed by atoms with Gasteiger partial charge in [-0.3, -0.25) is 0 Å². The number of rotatable bonds is 4. The summed E-state index contributed by atoms with van der Waals surface area (Å²) in [5.74, 6) is 0.675. The molecule has 248 valence electrons. The summed E-state index contributed by atoms with van der Waals surface area (Å²) in [6, 6.07) is 40.4. The van der Waals surface area contributed by atoms with Gasteiger partial charge in [0.1, 0.15) is 0 Å². The average Bonchev–Trinajstić information content (AvgIpc) is 3.66. The van der Waals surface area contributed by atoms with Gasteiger partial charge in [0.2, 0.25) is 0 Å². The minimum absolute atomic E-state index is 0.0351. The van der Waals surface area contributed by atoms with Gasteiger partial charge in [-0.05, 0) is 84.3 Å². The SMILES string of the molecule is CC1(C)C2=C(C=CCC2)c2c1ccc1c3c(n(-c4cc(-c5cccc(C#N)c5)cc(-c5nc(-c6ccccc6)c6ccccc6n5)c4)c21)CCC=C3. The molecule has 4 heteroatoms. The Morgan fingerprint density at radius 2 is 1.48 bits per heavy atom. The lowest BCUT2D eigenvalue weighted by Gasteiger charge is -2.25. The Morgan fingerprint density at radius 3 is 2.37 bits per heavy atom. The summed E-state index contributed by atoms with van der Waals surface area (Å²) in [5.41, 5.74) is 17.1. The van der Waals surface area contributed by atoms with E-state index in [0.29, 0.717) is 11.4 Å². The molecular formula is C48H36N4.